The topological polar surface area (TPSA) is 112 Å². The summed E-state index contributed by atoms with van der Waals surface area (Å²) >= 11 is 0. The molecule has 3 amide bonds. The molecule has 3 saturated heterocycles. The first kappa shape index (κ1) is 26.8. The van der Waals surface area contributed by atoms with E-state index in [9.17, 15) is 18.9 Å². The highest BCUT2D eigenvalue weighted by Crippen LogP contribution is 2.48. The molecule has 2 aromatic rings. The number of benzene rings is 2. The second kappa shape index (κ2) is 11.5. The third-order valence-electron chi connectivity index (χ3n) is 8.49. The zero-order valence-electron chi connectivity index (χ0n) is 21.9. The summed E-state index contributed by atoms with van der Waals surface area (Å²) < 4.78 is 12.2. The Bertz CT molecular complexity index is 1280. The molecule has 0 aromatic heterocycles. The third kappa shape index (κ3) is 5.26. The Labute approximate surface area is 227 Å². The number of imide groups is 1. The molecule has 2 bridgehead atoms. The molecular weight excluding hydrogens is 499 g/mol. The summed E-state index contributed by atoms with van der Waals surface area (Å²) in [4.78, 5) is 41.3. The average Bonchev–Trinajstić information content (AvgIpc) is 3.24. The maximum Gasteiger partial charge on any atom is 0.255 e. The monoisotopic (exact) mass is 532 g/mol. The number of rotatable bonds is 3. The molecule has 204 valence electrons. The minimum Gasteiger partial charge on any atom is -0.319 e. The van der Waals surface area contributed by atoms with E-state index in [-0.39, 0.29) is 30.0 Å². The van der Waals surface area contributed by atoms with Gasteiger partial charge >= 0.3 is 0 Å². The highest BCUT2D eigenvalue weighted by Gasteiger charge is 2.62. The second-order valence-corrected chi connectivity index (χ2v) is 10.9. The fourth-order valence-electron chi connectivity index (χ4n) is 6.01. The summed E-state index contributed by atoms with van der Waals surface area (Å²) in [6, 6.07) is 14.4. The summed E-state index contributed by atoms with van der Waals surface area (Å²) in [6.45, 7) is 2.25. The maximum atomic E-state index is 12.5. The number of amides is 3. The average molecular weight is 533 g/mol. The number of hydrogen-bond donors (Lipinski definition) is 2. The van der Waals surface area contributed by atoms with Gasteiger partial charge in [-0.2, -0.15) is 5.26 Å². The molecule has 8 nitrogen and oxygen atoms in total. The van der Waals surface area contributed by atoms with Crippen LogP contribution in [0.25, 0.3) is 0 Å². The molecule has 6 aliphatic rings. The van der Waals surface area contributed by atoms with Gasteiger partial charge in [0.15, 0.2) is 5.75 Å². The van der Waals surface area contributed by atoms with E-state index in [0.29, 0.717) is 29.9 Å². The van der Waals surface area contributed by atoms with Gasteiger partial charge in [-0.3, -0.25) is 24.6 Å². The van der Waals surface area contributed by atoms with Crippen LogP contribution >= 0.6 is 0 Å². The molecule has 4 aliphatic heterocycles. The van der Waals surface area contributed by atoms with Gasteiger partial charge in [-0.1, -0.05) is 56.7 Å². The van der Waals surface area contributed by atoms with Crippen molar-refractivity contribution < 1.29 is 23.9 Å². The lowest BCUT2D eigenvalue weighted by Gasteiger charge is -2.53. The van der Waals surface area contributed by atoms with E-state index in [1.165, 1.54) is 67.2 Å². The van der Waals surface area contributed by atoms with Gasteiger partial charge in [-0.05, 0) is 48.2 Å². The van der Waals surface area contributed by atoms with Crippen molar-refractivity contribution in [3.63, 3.8) is 0 Å². The summed E-state index contributed by atoms with van der Waals surface area (Å²) in [7, 11) is 0. The van der Waals surface area contributed by atoms with Gasteiger partial charge in [0.25, 0.3) is 11.8 Å². The quantitative estimate of drug-likeness (QED) is 0.571. The largest absolute Gasteiger partial charge is 0.319 e. The highest BCUT2D eigenvalue weighted by molar-refractivity contribution is 6.10. The first-order valence-corrected chi connectivity index (χ1v) is 13.8. The second-order valence-electron chi connectivity index (χ2n) is 10.9. The molecule has 2 aliphatic carbocycles. The smallest absolute Gasteiger partial charge is 0.255 e. The predicted octanol–water partition coefficient (Wildman–Crippen LogP) is 4.30. The standard InChI is InChI=1S/C14H11FN2O4.C10H10N2.C6H12/c15-21-9-1-2-10-7(3-9)6-17(12(10)19)14-4-8(5-14)11(18)16-13(14)20;11-5-8-3-1-2-4-10(8)9-6-12-7-9;1-2-4-6-5-3-1/h1-3,8H,4-6H2,(H,16,18,20);1-4,9,12H,6-7H2;1-6H2. The molecule has 5 fully saturated rings. The highest BCUT2D eigenvalue weighted by atomic mass is 19.3. The maximum absolute atomic E-state index is 12.5. The molecule has 9 heteroatoms. The Morgan fingerprint density at radius 1 is 0.949 bits per heavy atom. The van der Waals surface area contributed by atoms with Crippen molar-refractivity contribution in [1.82, 2.24) is 15.5 Å². The lowest BCUT2D eigenvalue weighted by molar-refractivity contribution is -0.160. The summed E-state index contributed by atoms with van der Waals surface area (Å²) in [5.74, 6) is -0.573. The minimum absolute atomic E-state index is 0.0238. The van der Waals surface area contributed by atoms with E-state index in [4.69, 9.17) is 5.26 Å². The van der Waals surface area contributed by atoms with Gasteiger partial charge in [0, 0.05) is 41.6 Å². The van der Waals surface area contributed by atoms with Gasteiger partial charge in [0.05, 0.1) is 11.6 Å². The zero-order valence-corrected chi connectivity index (χ0v) is 21.9. The molecule has 2 saturated carbocycles. The zero-order chi connectivity index (χ0) is 27.4. The van der Waals surface area contributed by atoms with Crippen molar-refractivity contribution in [2.24, 2.45) is 5.92 Å². The third-order valence-corrected chi connectivity index (χ3v) is 8.49. The fraction of sp³-hybridized carbons (Fsp3) is 0.467. The molecular formula is C30H33FN4O4. The van der Waals surface area contributed by atoms with Crippen LogP contribution in [0, 0.1) is 17.2 Å². The normalized spacial score (nSPS) is 24.9. The van der Waals surface area contributed by atoms with Crippen LogP contribution in [-0.2, 0) is 16.1 Å². The van der Waals surface area contributed by atoms with Crippen molar-refractivity contribution in [2.45, 2.75) is 69.4 Å². The first-order chi connectivity index (χ1) is 19.0. The lowest BCUT2D eigenvalue weighted by atomic mass is 9.63. The molecule has 2 aromatic carbocycles. The van der Waals surface area contributed by atoms with Gasteiger partial charge < -0.3 is 10.2 Å². The number of nitrogens with zero attached hydrogens (tertiary/aromatic N) is 2. The SMILES string of the molecule is C1CCCCC1.N#Cc1ccccc1C1CNC1.O=C1NC(=O)C2(N3Cc4cc(OF)ccc4C3=O)CC1C2. The summed E-state index contributed by atoms with van der Waals surface area (Å²) in [5.41, 5.74) is 2.14. The van der Waals surface area contributed by atoms with Gasteiger partial charge in [0.2, 0.25) is 5.91 Å². The van der Waals surface area contributed by atoms with Gasteiger partial charge in [-0.25, -0.2) is 0 Å². The van der Waals surface area contributed by atoms with E-state index in [0.717, 1.165) is 18.7 Å². The molecule has 0 atom stereocenters. The van der Waals surface area contributed by atoms with Crippen molar-refractivity contribution in [1.29, 1.82) is 5.26 Å². The summed E-state index contributed by atoms with van der Waals surface area (Å²) in [6.07, 6.45) is 9.73. The number of hydrogen-bond acceptors (Lipinski definition) is 6. The molecule has 0 unspecified atom stereocenters. The van der Waals surface area contributed by atoms with E-state index >= 15 is 0 Å². The number of carbonyl (C=O) groups excluding carboxylic acids is 3. The first-order valence-electron chi connectivity index (χ1n) is 13.8. The van der Waals surface area contributed by atoms with E-state index < -0.39 is 11.4 Å². The lowest BCUT2D eigenvalue weighted by Crippen LogP contribution is -2.73. The van der Waals surface area contributed by atoms with Crippen LogP contribution in [0.3, 0.4) is 0 Å². The van der Waals surface area contributed by atoms with Gasteiger partial charge in [0.1, 0.15) is 5.54 Å². The van der Waals surface area contributed by atoms with Crippen molar-refractivity contribution >= 4 is 17.7 Å². The molecule has 4 heterocycles. The van der Waals surface area contributed by atoms with Crippen LogP contribution < -0.4 is 15.6 Å². The van der Waals surface area contributed by atoms with E-state index in [2.05, 4.69) is 21.6 Å². The molecule has 2 N–H and O–H groups in total. The molecule has 8 rings (SSSR count). The van der Waals surface area contributed by atoms with E-state index in [1.807, 2.05) is 24.3 Å². The van der Waals surface area contributed by atoms with Crippen LogP contribution in [0.5, 0.6) is 5.75 Å². The molecule has 0 spiro atoms. The van der Waals surface area contributed by atoms with Crippen LogP contribution in [0.4, 0.5) is 4.53 Å². The number of nitriles is 1. The van der Waals surface area contributed by atoms with Crippen LogP contribution in [-0.4, -0.2) is 41.2 Å². The van der Waals surface area contributed by atoms with Crippen LogP contribution in [0.15, 0.2) is 42.5 Å². The molecule has 0 radical (unpaired) electrons. The van der Waals surface area contributed by atoms with Gasteiger partial charge in [-0.15, -0.1) is 0 Å². The van der Waals surface area contributed by atoms with E-state index in [1.54, 1.807) is 0 Å². The Kier molecular flexibility index (Phi) is 7.94. The molecule has 39 heavy (non-hydrogen) atoms. The van der Waals surface area contributed by atoms with Crippen LogP contribution in [0.2, 0.25) is 0 Å². The summed E-state index contributed by atoms with van der Waals surface area (Å²) in [5, 5.41) is 14.3. The Hall–Kier alpha value is -3.77. The Morgan fingerprint density at radius 3 is 2.18 bits per heavy atom. The minimum atomic E-state index is -0.939. The van der Waals surface area contributed by atoms with Crippen molar-refractivity contribution in [3.8, 4) is 11.8 Å². The number of fused-ring (bicyclic) bond motifs is 3. The Balaban J connectivity index is 0.000000143. The van der Waals surface area contributed by atoms with Crippen molar-refractivity contribution in [3.05, 3.63) is 64.7 Å². The van der Waals surface area contributed by atoms with Crippen LogP contribution in [0.1, 0.15) is 84.3 Å². The Morgan fingerprint density at radius 2 is 1.62 bits per heavy atom. The predicted molar refractivity (Wildman–Crippen MR) is 141 cm³/mol. The number of halogens is 1. The van der Waals surface area contributed by atoms with Crippen molar-refractivity contribution in [2.75, 3.05) is 13.1 Å². The number of piperidine rings is 2. The fourth-order valence-corrected chi connectivity index (χ4v) is 6.01. The number of carbonyl (C=O) groups is 3. The number of nitrogens with one attached hydrogen (secondary N) is 2.